The Balaban J connectivity index is 2.05. The van der Waals surface area contributed by atoms with E-state index in [-0.39, 0.29) is 41.8 Å². The summed E-state index contributed by atoms with van der Waals surface area (Å²) in [6.45, 7) is 1.65. The van der Waals surface area contributed by atoms with Gasteiger partial charge in [-0.25, -0.2) is 0 Å². The number of halogens is 6. The van der Waals surface area contributed by atoms with Crippen molar-refractivity contribution in [2.24, 2.45) is 0 Å². The Morgan fingerprint density at radius 3 is 2.16 bits per heavy atom. The van der Waals surface area contributed by atoms with Gasteiger partial charge in [0.25, 0.3) is 5.69 Å². The fraction of sp³-hybridized carbons (Fsp3) is 0.292. The number of methoxy groups -OCH3 is 1. The summed E-state index contributed by atoms with van der Waals surface area (Å²) in [6, 6.07) is 4.67. The molecule has 1 N–H and O–H groups in total. The van der Waals surface area contributed by atoms with E-state index in [1.807, 2.05) is 0 Å². The Kier molecular flexibility index (Phi) is 8.22. The number of rotatable bonds is 9. The van der Waals surface area contributed by atoms with Crippen molar-refractivity contribution < 1.29 is 50.3 Å². The minimum Gasteiger partial charge on any atom is -0.493 e. The molecule has 0 bridgehead atoms. The van der Waals surface area contributed by atoms with Crippen LogP contribution in [0.2, 0.25) is 0 Å². The molecule has 38 heavy (non-hydrogen) atoms. The van der Waals surface area contributed by atoms with Crippen molar-refractivity contribution >= 4 is 11.7 Å². The van der Waals surface area contributed by atoms with E-state index in [2.05, 4.69) is 4.98 Å². The molecule has 0 radical (unpaired) electrons. The van der Waals surface area contributed by atoms with Gasteiger partial charge in [0.2, 0.25) is 0 Å². The SMILES string of the molecule is CCOC(=O)CC(c1ccc(Oc2cc(C(F)(F)F)cc(C(F)(F)F)c2)c(OC)c1)c1c[nH]cc1[N+](=O)[O-]. The predicted octanol–water partition coefficient (Wildman–Crippen LogP) is 6.85. The van der Waals surface area contributed by atoms with Crippen molar-refractivity contribution in [2.45, 2.75) is 31.6 Å². The quantitative estimate of drug-likeness (QED) is 0.136. The van der Waals surface area contributed by atoms with E-state index in [1.54, 1.807) is 6.92 Å². The monoisotopic (exact) mass is 546 g/mol. The summed E-state index contributed by atoms with van der Waals surface area (Å²) in [4.78, 5) is 25.7. The molecule has 0 aliphatic rings. The third-order valence-corrected chi connectivity index (χ3v) is 5.38. The van der Waals surface area contributed by atoms with Gasteiger partial charge in [-0.1, -0.05) is 6.07 Å². The van der Waals surface area contributed by atoms with Crippen molar-refractivity contribution in [3.63, 3.8) is 0 Å². The average molecular weight is 546 g/mol. The average Bonchev–Trinajstić information content (AvgIpc) is 3.32. The normalized spacial score (nSPS) is 12.6. The number of carbonyl (C=O) groups is 1. The maximum absolute atomic E-state index is 13.2. The molecule has 14 heteroatoms. The van der Waals surface area contributed by atoms with Gasteiger partial charge in [0.05, 0.1) is 47.9 Å². The number of aromatic nitrogens is 1. The second-order valence-corrected chi connectivity index (χ2v) is 7.87. The number of nitrogens with zero attached hydrogens (tertiary/aromatic N) is 1. The summed E-state index contributed by atoms with van der Waals surface area (Å²) in [6.07, 6.45) is -7.98. The number of hydrogen-bond donors (Lipinski definition) is 1. The van der Waals surface area contributed by atoms with Crippen LogP contribution in [-0.4, -0.2) is 29.6 Å². The van der Waals surface area contributed by atoms with Gasteiger partial charge >= 0.3 is 18.3 Å². The van der Waals surface area contributed by atoms with Crippen molar-refractivity contribution in [1.82, 2.24) is 4.98 Å². The van der Waals surface area contributed by atoms with Crippen LogP contribution in [0.3, 0.4) is 0 Å². The third kappa shape index (κ3) is 6.55. The number of H-pyrrole nitrogens is 1. The van der Waals surface area contributed by atoms with Gasteiger partial charge in [-0.3, -0.25) is 14.9 Å². The van der Waals surface area contributed by atoms with Gasteiger partial charge in [-0.15, -0.1) is 0 Å². The van der Waals surface area contributed by atoms with Crippen LogP contribution in [0.1, 0.15) is 41.5 Å². The lowest BCUT2D eigenvalue weighted by Gasteiger charge is -2.19. The standard InChI is InChI=1S/C24H20F6N2O6/c1-3-37-22(33)10-17(18-11-31-12-19(18)32(34)35)13-4-5-20(21(6-13)36-2)38-16-8-14(23(25,26)27)7-15(9-16)24(28,29)30/h4-9,11-12,17,31H,3,10H2,1-2H3. The van der Waals surface area contributed by atoms with E-state index in [9.17, 15) is 41.3 Å². The maximum Gasteiger partial charge on any atom is 0.416 e. The predicted molar refractivity (Wildman–Crippen MR) is 120 cm³/mol. The van der Waals surface area contributed by atoms with Crippen molar-refractivity contribution in [3.8, 4) is 17.2 Å². The highest BCUT2D eigenvalue weighted by molar-refractivity contribution is 5.72. The topological polar surface area (TPSA) is 104 Å². The molecular formula is C24H20F6N2O6. The molecule has 3 aromatic rings. The highest BCUT2D eigenvalue weighted by atomic mass is 19.4. The van der Waals surface area contributed by atoms with Crippen LogP contribution in [0.4, 0.5) is 32.0 Å². The highest BCUT2D eigenvalue weighted by Crippen LogP contribution is 2.42. The van der Waals surface area contributed by atoms with Gasteiger partial charge in [0, 0.05) is 12.1 Å². The second kappa shape index (κ2) is 11.0. The molecule has 204 valence electrons. The van der Waals surface area contributed by atoms with E-state index < -0.39 is 46.0 Å². The first-order valence-corrected chi connectivity index (χ1v) is 10.9. The molecular weight excluding hydrogens is 526 g/mol. The van der Waals surface area contributed by atoms with Gasteiger partial charge < -0.3 is 19.2 Å². The van der Waals surface area contributed by atoms with Crippen molar-refractivity contribution in [2.75, 3.05) is 13.7 Å². The minimum atomic E-state index is -5.07. The first-order chi connectivity index (χ1) is 17.7. The number of ether oxygens (including phenoxy) is 3. The first-order valence-electron chi connectivity index (χ1n) is 10.9. The zero-order valence-corrected chi connectivity index (χ0v) is 19.8. The molecule has 1 atom stereocenters. The van der Waals surface area contributed by atoms with Gasteiger partial charge in [0.1, 0.15) is 5.75 Å². The number of aromatic amines is 1. The summed E-state index contributed by atoms with van der Waals surface area (Å²) in [5.74, 6) is -2.66. The van der Waals surface area contributed by atoms with E-state index in [0.717, 1.165) is 6.20 Å². The lowest BCUT2D eigenvalue weighted by atomic mass is 9.89. The number of nitrogens with one attached hydrogen (secondary N) is 1. The van der Waals surface area contributed by atoms with E-state index in [1.165, 1.54) is 31.5 Å². The molecule has 0 saturated heterocycles. The van der Waals surface area contributed by atoms with Crippen LogP contribution >= 0.6 is 0 Å². The Morgan fingerprint density at radius 2 is 1.63 bits per heavy atom. The number of carbonyl (C=O) groups excluding carboxylic acids is 1. The van der Waals surface area contributed by atoms with Crippen LogP contribution in [0, 0.1) is 10.1 Å². The molecule has 0 fully saturated rings. The molecule has 1 unspecified atom stereocenters. The van der Waals surface area contributed by atoms with Crippen molar-refractivity contribution in [3.05, 3.63) is 81.2 Å². The van der Waals surface area contributed by atoms with E-state index in [0.29, 0.717) is 17.7 Å². The zero-order valence-electron chi connectivity index (χ0n) is 19.8. The first kappa shape index (κ1) is 28.3. The molecule has 1 aromatic heterocycles. The largest absolute Gasteiger partial charge is 0.493 e. The van der Waals surface area contributed by atoms with Gasteiger partial charge in [0.15, 0.2) is 11.5 Å². The smallest absolute Gasteiger partial charge is 0.416 e. The lowest BCUT2D eigenvalue weighted by molar-refractivity contribution is -0.385. The molecule has 0 aliphatic carbocycles. The molecule has 0 saturated carbocycles. The number of esters is 1. The second-order valence-electron chi connectivity index (χ2n) is 7.87. The van der Waals surface area contributed by atoms with Gasteiger partial charge in [-0.05, 0) is 42.8 Å². The van der Waals surface area contributed by atoms with Crippen LogP contribution in [0.25, 0.3) is 0 Å². The molecule has 0 spiro atoms. The Hall–Kier alpha value is -4.23. The maximum atomic E-state index is 13.2. The summed E-state index contributed by atoms with van der Waals surface area (Å²) in [5.41, 5.74) is -2.97. The summed E-state index contributed by atoms with van der Waals surface area (Å²) in [5, 5.41) is 11.5. The fourth-order valence-electron chi connectivity index (χ4n) is 3.70. The zero-order chi connectivity index (χ0) is 28.3. The lowest BCUT2D eigenvalue weighted by Crippen LogP contribution is -2.12. The van der Waals surface area contributed by atoms with Crippen LogP contribution in [0.5, 0.6) is 17.2 Å². The molecule has 1 heterocycles. The molecule has 2 aromatic carbocycles. The number of alkyl halides is 6. The molecule has 3 rings (SSSR count). The van der Waals surface area contributed by atoms with E-state index in [4.69, 9.17) is 14.2 Å². The summed E-state index contributed by atoms with van der Waals surface area (Å²) in [7, 11) is 1.18. The van der Waals surface area contributed by atoms with Crippen LogP contribution in [-0.2, 0) is 21.9 Å². The van der Waals surface area contributed by atoms with Gasteiger partial charge in [-0.2, -0.15) is 26.3 Å². The third-order valence-electron chi connectivity index (χ3n) is 5.38. The highest BCUT2D eigenvalue weighted by Gasteiger charge is 2.37. The Labute approximate surface area is 211 Å². The van der Waals surface area contributed by atoms with Crippen LogP contribution in [0.15, 0.2) is 48.8 Å². The minimum absolute atomic E-state index is 0.0308. The van der Waals surface area contributed by atoms with Crippen LogP contribution < -0.4 is 9.47 Å². The number of hydrogen-bond acceptors (Lipinski definition) is 6. The summed E-state index contributed by atoms with van der Waals surface area (Å²) >= 11 is 0. The van der Waals surface area contributed by atoms with Crippen molar-refractivity contribution in [1.29, 1.82) is 0 Å². The molecule has 8 nitrogen and oxygen atoms in total. The number of nitro groups is 1. The molecule has 0 aliphatic heterocycles. The Morgan fingerprint density at radius 1 is 1.00 bits per heavy atom. The number of benzene rings is 2. The summed E-state index contributed by atoms with van der Waals surface area (Å²) < 4.78 is 94.8. The Bertz CT molecular complexity index is 1290. The fourth-order valence-corrected chi connectivity index (χ4v) is 3.70. The van der Waals surface area contributed by atoms with E-state index >= 15 is 0 Å². The molecule has 0 amide bonds.